The molecule has 1 aliphatic carbocycles. The molecule has 1 aromatic carbocycles. The van der Waals surface area contributed by atoms with Gasteiger partial charge in [0.15, 0.2) is 0 Å². The maximum absolute atomic E-state index is 4.51. The van der Waals surface area contributed by atoms with Gasteiger partial charge in [-0.15, -0.1) is 0 Å². The van der Waals surface area contributed by atoms with Gasteiger partial charge in [-0.25, -0.2) is 0 Å². The summed E-state index contributed by atoms with van der Waals surface area (Å²) in [5.74, 6) is 0.997. The summed E-state index contributed by atoms with van der Waals surface area (Å²) in [7, 11) is 0. The highest BCUT2D eigenvalue weighted by molar-refractivity contribution is 7.80. The van der Waals surface area contributed by atoms with Crippen molar-refractivity contribution in [2.24, 2.45) is 0 Å². The van der Waals surface area contributed by atoms with Gasteiger partial charge in [-0.2, -0.15) is 12.6 Å². The summed E-state index contributed by atoms with van der Waals surface area (Å²) in [6.07, 6.45) is 5.38. The molecule has 1 fully saturated rings. The highest BCUT2D eigenvalue weighted by Gasteiger charge is 2.33. The minimum atomic E-state index is 0.393. The van der Waals surface area contributed by atoms with Crippen molar-refractivity contribution in [3.63, 3.8) is 0 Å². The van der Waals surface area contributed by atoms with E-state index < -0.39 is 0 Å². The summed E-state index contributed by atoms with van der Waals surface area (Å²) in [6, 6.07) is 10.9. The molecule has 0 radical (unpaired) electrons. The molecule has 1 saturated carbocycles. The van der Waals surface area contributed by atoms with E-state index in [-0.39, 0.29) is 0 Å². The zero-order chi connectivity index (χ0) is 9.15. The van der Waals surface area contributed by atoms with Gasteiger partial charge in [0.05, 0.1) is 0 Å². The Morgan fingerprint density at radius 3 is 2.23 bits per heavy atom. The Balaban J connectivity index is 2.31. The van der Waals surface area contributed by atoms with E-state index in [0.29, 0.717) is 5.41 Å². The van der Waals surface area contributed by atoms with Gasteiger partial charge in [0.2, 0.25) is 0 Å². The summed E-state index contributed by atoms with van der Waals surface area (Å²) in [5.41, 5.74) is 1.88. The number of hydrogen-bond donors (Lipinski definition) is 1. The van der Waals surface area contributed by atoms with Gasteiger partial charge < -0.3 is 0 Å². The molecule has 1 heteroatoms. The molecule has 0 heterocycles. The maximum Gasteiger partial charge on any atom is 0.00410 e. The molecule has 0 bridgehead atoms. The van der Waals surface area contributed by atoms with Crippen LogP contribution in [0.2, 0.25) is 0 Å². The molecule has 70 valence electrons. The molecule has 0 saturated heterocycles. The van der Waals surface area contributed by atoms with E-state index in [0.717, 1.165) is 5.75 Å². The van der Waals surface area contributed by atoms with Crippen LogP contribution in [-0.2, 0) is 5.41 Å². The minimum Gasteiger partial charge on any atom is -0.178 e. The second-order valence-corrected chi connectivity index (χ2v) is 4.33. The van der Waals surface area contributed by atoms with Crippen LogP contribution >= 0.6 is 12.6 Å². The summed E-state index contributed by atoms with van der Waals surface area (Å²) in [6.45, 7) is 0. The lowest BCUT2D eigenvalue weighted by molar-refractivity contribution is 0.503. The molecule has 0 N–H and O–H groups in total. The molecule has 0 aromatic heterocycles. The van der Waals surface area contributed by atoms with Crippen molar-refractivity contribution in [2.45, 2.75) is 31.1 Å². The molecule has 0 nitrogen and oxygen atoms in total. The number of benzene rings is 1. The zero-order valence-corrected chi connectivity index (χ0v) is 8.76. The second kappa shape index (κ2) is 3.75. The maximum atomic E-state index is 4.51. The Bertz CT molecular complexity index is 260. The predicted octanol–water partition coefficient (Wildman–Crippen LogP) is 3.43. The Morgan fingerprint density at radius 1 is 1.08 bits per heavy atom. The van der Waals surface area contributed by atoms with Crippen molar-refractivity contribution in [3.8, 4) is 0 Å². The number of rotatable bonds is 2. The molecule has 0 atom stereocenters. The fraction of sp³-hybridized carbons (Fsp3) is 0.500. The third-order valence-corrected chi connectivity index (χ3v) is 3.85. The Labute approximate surface area is 85.8 Å². The largest absolute Gasteiger partial charge is 0.178 e. The first-order valence-corrected chi connectivity index (χ1v) is 5.67. The van der Waals surface area contributed by atoms with Gasteiger partial charge in [0, 0.05) is 5.41 Å². The molecule has 0 unspecified atom stereocenters. The van der Waals surface area contributed by atoms with Crippen molar-refractivity contribution < 1.29 is 0 Å². The highest BCUT2D eigenvalue weighted by Crippen LogP contribution is 2.41. The number of thiol groups is 1. The van der Waals surface area contributed by atoms with Gasteiger partial charge in [0.1, 0.15) is 0 Å². The Hall–Kier alpha value is -0.430. The monoisotopic (exact) mass is 192 g/mol. The fourth-order valence-electron chi connectivity index (χ4n) is 2.38. The molecule has 13 heavy (non-hydrogen) atoms. The molecule has 0 amide bonds. The van der Waals surface area contributed by atoms with Crippen LogP contribution in [0.25, 0.3) is 0 Å². The zero-order valence-electron chi connectivity index (χ0n) is 7.87. The first-order valence-electron chi connectivity index (χ1n) is 5.04. The van der Waals surface area contributed by atoms with E-state index in [1.165, 1.54) is 31.2 Å². The second-order valence-electron chi connectivity index (χ2n) is 4.01. The SMILES string of the molecule is SCC1(c2ccccc2)CCCC1. The minimum absolute atomic E-state index is 0.393. The lowest BCUT2D eigenvalue weighted by Crippen LogP contribution is -2.23. The van der Waals surface area contributed by atoms with Crippen LogP contribution in [0.15, 0.2) is 30.3 Å². The lowest BCUT2D eigenvalue weighted by atomic mass is 9.81. The number of hydrogen-bond acceptors (Lipinski definition) is 1. The van der Waals surface area contributed by atoms with Crippen LogP contribution in [0.5, 0.6) is 0 Å². The first-order chi connectivity index (χ1) is 6.37. The normalized spacial score (nSPS) is 20.4. The standard InChI is InChI=1S/C12H16S/c13-10-12(8-4-5-9-12)11-6-2-1-3-7-11/h1-3,6-7,13H,4-5,8-10H2. The van der Waals surface area contributed by atoms with E-state index >= 15 is 0 Å². The van der Waals surface area contributed by atoms with E-state index in [2.05, 4.69) is 43.0 Å². The first kappa shape index (κ1) is 9.14. The Kier molecular flexibility index (Phi) is 2.63. The van der Waals surface area contributed by atoms with E-state index in [4.69, 9.17) is 0 Å². The van der Waals surface area contributed by atoms with Gasteiger partial charge in [-0.05, 0) is 24.2 Å². The van der Waals surface area contributed by atoms with Crippen LogP contribution in [0, 0.1) is 0 Å². The molecule has 0 spiro atoms. The quantitative estimate of drug-likeness (QED) is 0.682. The van der Waals surface area contributed by atoms with Crippen molar-refractivity contribution in [1.82, 2.24) is 0 Å². The smallest absolute Gasteiger partial charge is 0.00410 e. The summed E-state index contributed by atoms with van der Waals surface area (Å²) >= 11 is 4.51. The lowest BCUT2D eigenvalue weighted by Gasteiger charge is -2.27. The Morgan fingerprint density at radius 2 is 1.69 bits per heavy atom. The molecule has 0 aliphatic heterocycles. The van der Waals surface area contributed by atoms with Crippen LogP contribution in [-0.4, -0.2) is 5.75 Å². The average molecular weight is 192 g/mol. The van der Waals surface area contributed by atoms with Gasteiger partial charge in [0.25, 0.3) is 0 Å². The molecular formula is C12H16S. The molecule has 1 aromatic rings. The van der Waals surface area contributed by atoms with Crippen molar-refractivity contribution in [2.75, 3.05) is 5.75 Å². The van der Waals surface area contributed by atoms with Gasteiger partial charge in [-0.1, -0.05) is 43.2 Å². The topological polar surface area (TPSA) is 0 Å². The van der Waals surface area contributed by atoms with E-state index in [1.807, 2.05) is 0 Å². The van der Waals surface area contributed by atoms with Crippen LogP contribution in [0.1, 0.15) is 31.2 Å². The fourth-order valence-corrected chi connectivity index (χ4v) is 2.88. The summed E-state index contributed by atoms with van der Waals surface area (Å²) in [4.78, 5) is 0. The van der Waals surface area contributed by atoms with Crippen LogP contribution < -0.4 is 0 Å². The summed E-state index contributed by atoms with van der Waals surface area (Å²) < 4.78 is 0. The van der Waals surface area contributed by atoms with Crippen molar-refractivity contribution in [3.05, 3.63) is 35.9 Å². The van der Waals surface area contributed by atoms with E-state index in [9.17, 15) is 0 Å². The molecule has 1 aliphatic rings. The van der Waals surface area contributed by atoms with E-state index in [1.54, 1.807) is 0 Å². The predicted molar refractivity (Wildman–Crippen MR) is 60.4 cm³/mol. The van der Waals surface area contributed by atoms with Gasteiger partial charge >= 0.3 is 0 Å². The van der Waals surface area contributed by atoms with Crippen LogP contribution in [0.3, 0.4) is 0 Å². The average Bonchev–Trinajstić information content (AvgIpc) is 2.69. The van der Waals surface area contributed by atoms with Crippen LogP contribution in [0.4, 0.5) is 0 Å². The summed E-state index contributed by atoms with van der Waals surface area (Å²) in [5, 5.41) is 0. The van der Waals surface area contributed by atoms with Crippen molar-refractivity contribution >= 4 is 12.6 Å². The molecule has 2 rings (SSSR count). The highest BCUT2D eigenvalue weighted by atomic mass is 32.1. The van der Waals surface area contributed by atoms with Crippen molar-refractivity contribution in [1.29, 1.82) is 0 Å². The third kappa shape index (κ3) is 1.62. The van der Waals surface area contributed by atoms with Gasteiger partial charge in [-0.3, -0.25) is 0 Å². The third-order valence-electron chi connectivity index (χ3n) is 3.25. The molecular weight excluding hydrogens is 176 g/mol.